The molecule has 0 spiro atoms. The molecule has 2 aromatic rings. The summed E-state index contributed by atoms with van der Waals surface area (Å²) in [6.45, 7) is 6.25. The van der Waals surface area contributed by atoms with Gasteiger partial charge in [0.25, 0.3) is 5.52 Å². The number of hydrogen-bond donors (Lipinski definition) is 1. The molecular formula is C17H20F3N5O3. The van der Waals surface area contributed by atoms with E-state index in [4.69, 9.17) is 0 Å². The van der Waals surface area contributed by atoms with Crippen LogP contribution in [0.4, 0.5) is 19.1 Å². The second-order valence-electron chi connectivity index (χ2n) is 7.82. The number of carbonyl (C=O) groups excluding carboxylic acids is 1. The second-order valence-corrected chi connectivity index (χ2v) is 7.82. The lowest BCUT2D eigenvalue weighted by Crippen LogP contribution is -2.46. The molecule has 1 amide bonds. The van der Waals surface area contributed by atoms with E-state index in [0.29, 0.717) is 25.6 Å². The Morgan fingerprint density at radius 1 is 1.25 bits per heavy atom. The number of benzene rings is 1. The fourth-order valence-electron chi connectivity index (χ4n) is 3.13. The minimum absolute atomic E-state index is 0.00562. The van der Waals surface area contributed by atoms with E-state index in [1.54, 1.807) is 4.90 Å². The Bertz CT molecular complexity index is 927. The van der Waals surface area contributed by atoms with Crippen molar-refractivity contribution in [1.29, 1.82) is 0 Å². The molecule has 1 aliphatic rings. The van der Waals surface area contributed by atoms with Crippen LogP contribution in [0.25, 0.3) is 11.0 Å². The molecule has 2 heterocycles. The quantitative estimate of drug-likeness (QED) is 0.611. The number of amides is 1. The highest BCUT2D eigenvalue weighted by Gasteiger charge is 2.36. The van der Waals surface area contributed by atoms with Crippen LogP contribution < -0.4 is 14.9 Å². The first-order chi connectivity index (χ1) is 12.9. The van der Waals surface area contributed by atoms with E-state index >= 15 is 0 Å². The third kappa shape index (κ3) is 3.73. The SMILES string of the molecule is CC(C)(C)C(=O)N1CCC(Nc2n[n+]([O-])c3cc(C(F)(F)F)ccc3[n+]2[O-])C1. The molecule has 1 aromatic heterocycles. The van der Waals surface area contributed by atoms with Gasteiger partial charge in [-0.05, 0) is 12.1 Å². The average molecular weight is 399 g/mol. The molecule has 0 aliphatic carbocycles. The Balaban J connectivity index is 1.85. The average Bonchev–Trinajstić information content (AvgIpc) is 3.05. The number of hydrogen-bond acceptors (Lipinski definition) is 5. The molecule has 1 saturated heterocycles. The van der Waals surface area contributed by atoms with E-state index in [1.807, 2.05) is 20.8 Å². The highest BCUT2D eigenvalue weighted by atomic mass is 19.4. The molecule has 1 fully saturated rings. The predicted molar refractivity (Wildman–Crippen MR) is 92.7 cm³/mol. The Morgan fingerprint density at radius 3 is 2.54 bits per heavy atom. The number of anilines is 1. The first kappa shape index (κ1) is 19.9. The molecule has 1 aromatic carbocycles. The van der Waals surface area contributed by atoms with Crippen molar-refractivity contribution in [2.75, 3.05) is 18.4 Å². The maximum absolute atomic E-state index is 12.8. The third-order valence-electron chi connectivity index (χ3n) is 4.56. The van der Waals surface area contributed by atoms with E-state index in [-0.39, 0.29) is 33.0 Å². The van der Waals surface area contributed by atoms with Gasteiger partial charge in [-0.3, -0.25) is 10.1 Å². The fraction of sp³-hybridized carbons (Fsp3) is 0.529. The Morgan fingerprint density at radius 2 is 1.93 bits per heavy atom. The number of nitrogens with zero attached hydrogens (tertiary/aromatic N) is 4. The number of likely N-dealkylation sites (tertiary alicyclic amines) is 1. The van der Waals surface area contributed by atoms with Crippen LogP contribution in [0, 0.1) is 15.8 Å². The lowest BCUT2D eigenvalue weighted by Gasteiger charge is -2.25. The number of aromatic nitrogens is 3. The van der Waals surface area contributed by atoms with Crippen LogP contribution in [-0.4, -0.2) is 35.0 Å². The number of rotatable bonds is 2. The number of alkyl halides is 3. The Labute approximate surface area is 158 Å². The van der Waals surface area contributed by atoms with Crippen molar-refractivity contribution in [2.24, 2.45) is 5.41 Å². The third-order valence-corrected chi connectivity index (χ3v) is 4.56. The van der Waals surface area contributed by atoms with Crippen LogP contribution in [0.1, 0.15) is 32.8 Å². The molecule has 11 heteroatoms. The van der Waals surface area contributed by atoms with Gasteiger partial charge in [0.05, 0.1) is 18.2 Å². The van der Waals surface area contributed by atoms with Crippen LogP contribution in [-0.2, 0) is 11.0 Å². The lowest BCUT2D eigenvalue weighted by atomic mass is 9.95. The van der Waals surface area contributed by atoms with Gasteiger partial charge in [0.1, 0.15) is 0 Å². The minimum atomic E-state index is -4.64. The zero-order chi connectivity index (χ0) is 20.9. The van der Waals surface area contributed by atoms with Gasteiger partial charge in [0, 0.05) is 29.3 Å². The number of halogens is 3. The molecule has 1 aliphatic heterocycles. The summed E-state index contributed by atoms with van der Waals surface area (Å²) >= 11 is 0. The molecule has 0 saturated carbocycles. The summed E-state index contributed by atoms with van der Waals surface area (Å²) in [5.74, 6) is -0.353. The molecule has 152 valence electrons. The van der Waals surface area contributed by atoms with Crippen molar-refractivity contribution in [1.82, 2.24) is 10.00 Å². The predicted octanol–water partition coefficient (Wildman–Crippen LogP) is 1.58. The normalized spacial score (nSPS) is 17.9. The monoisotopic (exact) mass is 399 g/mol. The van der Waals surface area contributed by atoms with Crippen LogP contribution in [0.15, 0.2) is 18.2 Å². The van der Waals surface area contributed by atoms with Crippen LogP contribution in [0.3, 0.4) is 0 Å². The van der Waals surface area contributed by atoms with Gasteiger partial charge in [0.15, 0.2) is 5.52 Å². The number of carbonyl (C=O) groups is 1. The standard InChI is InChI=1S/C17H20F3N5O3/c1-16(2,3)14(26)23-7-6-11(9-23)21-15-22-25(28)13-8-10(17(18,19)20)4-5-12(13)24(15)27/h4-5,8,11H,6-7,9H2,1-3H3,(H,21,22). The van der Waals surface area contributed by atoms with E-state index in [2.05, 4.69) is 10.4 Å². The smallest absolute Gasteiger partial charge is 0.461 e. The maximum Gasteiger partial charge on any atom is 0.461 e. The molecule has 0 radical (unpaired) electrons. The summed E-state index contributed by atoms with van der Waals surface area (Å²) in [6.07, 6.45) is -4.09. The molecule has 8 nitrogen and oxygen atoms in total. The van der Waals surface area contributed by atoms with E-state index in [1.165, 1.54) is 0 Å². The van der Waals surface area contributed by atoms with E-state index < -0.39 is 22.7 Å². The molecule has 3 rings (SSSR count). The van der Waals surface area contributed by atoms with Crippen LogP contribution in [0.5, 0.6) is 0 Å². The zero-order valence-corrected chi connectivity index (χ0v) is 15.6. The van der Waals surface area contributed by atoms with Gasteiger partial charge in [-0.2, -0.15) is 13.2 Å². The second kappa shape index (κ2) is 6.64. The van der Waals surface area contributed by atoms with Crippen LogP contribution >= 0.6 is 0 Å². The van der Waals surface area contributed by atoms with Gasteiger partial charge in [-0.1, -0.05) is 20.8 Å². The summed E-state index contributed by atoms with van der Waals surface area (Å²) < 4.78 is 38.8. The van der Waals surface area contributed by atoms with E-state index in [0.717, 1.165) is 12.1 Å². The highest BCUT2D eigenvalue weighted by molar-refractivity contribution is 5.81. The van der Waals surface area contributed by atoms with Crippen molar-refractivity contribution in [2.45, 2.75) is 39.4 Å². The van der Waals surface area contributed by atoms with Gasteiger partial charge in [-0.15, -0.1) is 0 Å². The van der Waals surface area contributed by atoms with Gasteiger partial charge < -0.3 is 15.3 Å². The van der Waals surface area contributed by atoms with Gasteiger partial charge in [0.2, 0.25) is 11.0 Å². The molecule has 28 heavy (non-hydrogen) atoms. The Hall–Kier alpha value is -2.85. The van der Waals surface area contributed by atoms with Crippen molar-refractivity contribution < 1.29 is 27.5 Å². The fourth-order valence-corrected chi connectivity index (χ4v) is 3.13. The topological polar surface area (TPSA) is 99.1 Å². The first-order valence-electron chi connectivity index (χ1n) is 8.68. The van der Waals surface area contributed by atoms with Crippen molar-refractivity contribution in [3.8, 4) is 0 Å². The summed E-state index contributed by atoms with van der Waals surface area (Å²) in [5, 5.41) is 30.9. The van der Waals surface area contributed by atoms with Crippen LogP contribution in [0.2, 0.25) is 0 Å². The summed E-state index contributed by atoms with van der Waals surface area (Å²) in [5.41, 5.74) is -2.30. The summed E-state index contributed by atoms with van der Waals surface area (Å²) in [7, 11) is 0. The minimum Gasteiger partial charge on any atom is -0.739 e. The molecule has 0 bridgehead atoms. The first-order valence-corrected chi connectivity index (χ1v) is 8.68. The molecular weight excluding hydrogens is 379 g/mol. The van der Waals surface area contributed by atoms with Gasteiger partial charge in [-0.25, -0.2) is 4.73 Å². The number of fused-ring (bicyclic) bond motifs is 1. The molecule has 1 atom stereocenters. The van der Waals surface area contributed by atoms with Crippen molar-refractivity contribution in [3.05, 3.63) is 34.2 Å². The molecule has 1 N–H and O–H groups in total. The zero-order valence-electron chi connectivity index (χ0n) is 15.6. The summed E-state index contributed by atoms with van der Waals surface area (Å²) in [4.78, 5) is 14.0. The van der Waals surface area contributed by atoms with Crippen molar-refractivity contribution in [3.63, 3.8) is 0 Å². The Kier molecular flexibility index (Phi) is 4.72. The van der Waals surface area contributed by atoms with Crippen molar-refractivity contribution >= 4 is 22.9 Å². The van der Waals surface area contributed by atoms with Gasteiger partial charge >= 0.3 is 12.1 Å². The molecule has 1 unspecified atom stereocenters. The summed E-state index contributed by atoms with van der Waals surface area (Å²) in [6, 6.07) is 1.97. The number of nitrogens with one attached hydrogen (secondary N) is 1. The highest BCUT2D eigenvalue weighted by Crippen LogP contribution is 2.30. The largest absolute Gasteiger partial charge is 0.739 e. The maximum atomic E-state index is 12.8. The van der Waals surface area contributed by atoms with E-state index in [9.17, 15) is 28.4 Å². The lowest BCUT2D eigenvalue weighted by molar-refractivity contribution is -0.672.